The third-order valence-electron chi connectivity index (χ3n) is 7.09. The van der Waals surface area contributed by atoms with Gasteiger partial charge in [0.1, 0.15) is 5.82 Å². The van der Waals surface area contributed by atoms with Gasteiger partial charge in [0, 0.05) is 44.4 Å². The highest BCUT2D eigenvalue weighted by molar-refractivity contribution is 5.99. The Labute approximate surface area is 196 Å². The van der Waals surface area contributed by atoms with Crippen molar-refractivity contribution in [2.45, 2.75) is 50.6 Å². The summed E-state index contributed by atoms with van der Waals surface area (Å²) in [7, 11) is 1.89. The van der Waals surface area contributed by atoms with Crippen molar-refractivity contribution in [2.24, 2.45) is 0 Å². The van der Waals surface area contributed by atoms with Gasteiger partial charge in [-0.05, 0) is 58.0 Å². The number of nitrogens with zero attached hydrogens (tertiary/aromatic N) is 3. The number of likely N-dealkylation sites (N-methyl/N-ethyl adjacent to an activating group) is 1. The molecule has 0 radical (unpaired) electrons. The Morgan fingerprint density at radius 2 is 1.68 bits per heavy atom. The zero-order chi connectivity index (χ0) is 25.1. The lowest BCUT2D eigenvalue weighted by Crippen LogP contribution is -2.56. The topological polar surface area (TPSA) is 65.8 Å². The molecule has 6 nitrogen and oxygen atoms in total. The molecule has 1 spiro atoms. The number of piperidine rings is 1. The highest BCUT2D eigenvalue weighted by Crippen LogP contribution is 2.42. The maximum Gasteiger partial charge on any atom is 0.456 e. The quantitative estimate of drug-likeness (QED) is 0.531. The average Bonchev–Trinajstić information content (AvgIpc) is 3.19. The van der Waals surface area contributed by atoms with E-state index in [0.29, 0.717) is 38.2 Å². The molecule has 3 heterocycles. The first-order valence-electron chi connectivity index (χ1n) is 11.1. The van der Waals surface area contributed by atoms with E-state index in [9.17, 15) is 32.3 Å². The smallest absolute Gasteiger partial charge is 0.386 e. The third kappa shape index (κ3) is 4.02. The van der Waals surface area contributed by atoms with Crippen LogP contribution in [0.4, 0.5) is 17.6 Å². The Kier molecular flexibility index (Phi) is 5.88. The first-order valence-corrected chi connectivity index (χ1v) is 11.1. The molecule has 0 unspecified atom stereocenters. The summed E-state index contributed by atoms with van der Waals surface area (Å²) in [6, 6.07) is 6.81. The lowest BCUT2D eigenvalue weighted by Gasteiger charge is -2.50. The number of fused-ring (bicyclic) bond motifs is 2. The van der Waals surface area contributed by atoms with Gasteiger partial charge in [0.25, 0.3) is 11.7 Å². The fourth-order valence-corrected chi connectivity index (χ4v) is 5.16. The summed E-state index contributed by atoms with van der Waals surface area (Å²) in [5.41, 5.74) is -1.45. The molecule has 1 saturated heterocycles. The van der Waals surface area contributed by atoms with Crippen LogP contribution in [0.3, 0.4) is 0 Å². The van der Waals surface area contributed by atoms with Crippen molar-refractivity contribution in [1.82, 2.24) is 14.4 Å². The van der Waals surface area contributed by atoms with Crippen molar-refractivity contribution in [3.05, 3.63) is 58.7 Å². The molecule has 0 bridgehead atoms. The molecule has 0 atom stereocenters. The SMILES string of the molecule is CN1CCn2c(C(=O)C(F)(F)F)ccc2C12CCN(C(=O)c1ccc(C(C)(C)O)c(F)c1)CC2.[HH]. The van der Waals surface area contributed by atoms with Crippen LogP contribution in [0.15, 0.2) is 30.3 Å². The predicted molar refractivity (Wildman–Crippen MR) is 118 cm³/mol. The van der Waals surface area contributed by atoms with Crippen LogP contribution in [0.5, 0.6) is 0 Å². The predicted octanol–water partition coefficient (Wildman–Crippen LogP) is 3.92. The van der Waals surface area contributed by atoms with E-state index in [1.54, 1.807) is 11.0 Å². The standard InChI is InChI=1S/C24H27F4N3O3.H2/c1-22(2,34)16-5-4-15(14-17(16)25)21(33)30-10-8-23(9-11-30)19-7-6-18(20(32)24(26,27)28)31(19)13-12-29(23)3;/h4-7,14,34H,8-13H2,1-3H3;1H. The molecule has 4 rings (SSSR count). The van der Waals surface area contributed by atoms with E-state index in [2.05, 4.69) is 4.90 Å². The van der Waals surface area contributed by atoms with Gasteiger partial charge < -0.3 is 14.6 Å². The number of halogens is 4. The first kappa shape index (κ1) is 24.4. The Bertz CT molecular complexity index is 1130. The van der Waals surface area contributed by atoms with Gasteiger partial charge in [-0.1, -0.05) is 6.07 Å². The van der Waals surface area contributed by atoms with Gasteiger partial charge in [0.2, 0.25) is 0 Å². The molecule has 34 heavy (non-hydrogen) atoms. The molecule has 1 N–H and O–H groups in total. The van der Waals surface area contributed by atoms with Crippen molar-refractivity contribution in [3.63, 3.8) is 0 Å². The number of hydrogen-bond acceptors (Lipinski definition) is 4. The molecule has 0 saturated carbocycles. The maximum atomic E-state index is 14.5. The number of alkyl halides is 3. The minimum absolute atomic E-state index is 0. The molecule has 1 aromatic heterocycles. The van der Waals surface area contributed by atoms with E-state index in [-0.39, 0.29) is 30.7 Å². The molecule has 0 aliphatic carbocycles. The number of aliphatic hydroxyl groups is 1. The number of carbonyl (C=O) groups excluding carboxylic acids is 2. The highest BCUT2D eigenvalue weighted by atomic mass is 19.4. The maximum absolute atomic E-state index is 14.5. The van der Waals surface area contributed by atoms with E-state index < -0.39 is 28.9 Å². The normalized spacial score (nSPS) is 18.8. The number of Topliss-reactive ketones (excluding diaryl/α,β-unsaturated/α-hetero) is 1. The average molecular weight is 484 g/mol. The third-order valence-corrected chi connectivity index (χ3v) is 7.09. The van der Waals surface area contributed by atoms with Crippen LogP contribution in [-0.4, -0.2) is 64.0 Å². The van der Waals surface area contributed by atoms with E-state index in [1.165, 1.54) is 36.6 Å². The first-order chi connectivity index (χ1) is 15.8. The fraction of sp³-hybridized carbons (Fsp3) is 0.500. The zero-order valence-corrected chi connectivity index (χ0v) is 19.2. The van der Waals surface area contributed by atoms with Gasteiger partial charge in [-0.2, -0.15) is 13.2 Å². The van der Waals surface area contributed by atoms with E-state index in [1.807, 2.05) is 7.05 Å². The largest absolute Gasteiger partial charge is 0.456 e. The number of benzene rings is 1. The second-order valence-electron chi connectivity index (χ2n) is 9.58. The fourth-order valence-electron chi connectivity index (χ4n) is 5.16. The molecule has 2 aliphatic rings. The van der Waals surface area contributed by atoms with Gasteiger partial charge >= 0.3 is 6.18 Å². The second-order valence-corrected chi connectivity index (χ2v) is 9.58. The molecule has 2 aromatic rings. The number of likely N-dealkylation sites (tertiary alicyclic amines) is 1. The summed E-state index contributed by atoms with van der Waals surface area (Å²) < 4.78 is 55.1. The lowest BCUT2D eigenvalue weighted by atomic mass is 9.81. The molecular formula is C24H29F4N3O3. The van der Waals surface area contributed by atoms with Gasteiger partial charge in [-0.3, -0.25) is 14.5 Å². The van der Waals surface area contributed by atoms with Crippen LogP contribution in [0.1, 0.15) is 60.2 Å². The number of amides is 1. The second kappa shape index (κ2) is 8.20. The Hall–Kier alpha value is -2.72. The minimum Gasteiger partial charge on any atom is -0.386 e. The number of ketones is 1. The lowest BCUT2D eigenvalue weighted by molar-refractivity contribution is -0.0892. The Morgan fingerprint density at radius 1 is 1.03 bits per heavy atom. The minimum atomic E-state index is -4.95. The zero-order valence-electron chi connectivity index (χ0n) is 19.2. The van der Waals surface area contributed by atoms with Crippen LogP contribution >= 0.6 is 0 Å². The number of carbonyl (C=O) groups is 2. The molecule has 10 heteroatoms. The van der Waals surface area contributed by atoms with Gasteiger partial charge in [-0.15, -0.1) is 0 Å². The Balaban J connectivity index is 0.00000342. The highest BCUT2D eigenvalue weighted by Gasteiger charge is 2.48. The molecule has 1 aromatic carbocycles. The number of rotatable bonds is 3. The summed E-state index contributed by atoms with van der Waals surface area (Å²) in [6.07, 6.45) is -4.02. The van der Waals surface area contributed by atoms with Crippen molar-refractivity contribution < 1.29 is 33.7 Å². The molecular weight excluding hydrogens is 454 g/mol. The van der Waals surface area contributed by atoms with Gasteiger partial charge in [0.15, 0.2) is 0 Å². The summed E-state index contributed by atoms with van der Waals surface area (Å²) >= 11 is 0. The van der Waals surface area contributed by atoms with E-state index in [4.69, 9.17) is 0 Å². The van der Waals surface area contributed by atoms with Gasteiger partial charge in [-0.25, -0.2) is 4.39 Å². The monoisotopic (exact) mass is 483 g/mol. The number of hydrogen-bond donors (Lipinski definition) is 1. The summed E-state index contributed by atoms with van der Waals surface area (Å²) in [4.78, 5) is 28.6. The van der Waals surface area contributed by atoms with E-state index >= 15 is 0 Å². The molecule has 1 amide bonds. The molecule has 1 fully saturated rings. The summed E-state index contributed by atoms with van der Waals surface area (Å²) in [5, 5.41) is 10.0. The number of aromatic nitrogens is 1. The van der Waals surface area contributed by atoms with Crippen molar-refractivity contribution in [3.8, 4) is 0 Å². The molecule has 186 valence electrons. The summed E-state index contributed by atoms with van der Waals surface area (Å²) in [5.74, 6) is -2.88. The van der Waals surface area contributed by atoms with Crippen LogP contribution in [0.25, 0.3) is 0 Å². The van der Waals surface area contributed by atoms with Crippen LogP contribution in [0.2, 0.25) is 0 Å². The van der Waals surface area contributed by atoms with Gasteiger partial charge in [0.05, 0.1) is 16.8 Å². The van der Waals surface area contributed by atoms with Crippen molar-refractivity contribution >= 4 is 11.7 Å². The van der Waals surface area contributed by atoms with Crippen LogP contribution in [-0.2, 0) is 17.7 Å². The van der Waals surface area contributed by atoms with Crippen LogP contribution in [0, 0.1) is 5.82 Å². The van der Waals surface area contributed by atoms with Crippen LogP contribution < -0.4 is 0 Å². The van der Waals surface area contributed by atoms with Crippen molar-refractivity contribution in [1.29, 1.82) is 0 Å². The summed E-state index contributed by atoms with van der Waals surface area (Å²) in [6.45, 7) is 4.31. The Morgan fingerprint density at radius 3 is 2.24 bits per heavy atom. The van der Waals surface area contributed by atoms with E-state index in [0.717, 1.165) is 6.07 Å². The van der Waals surface area contributed by atoms with Crippen molar-refractivity contribution in [2.75, 3.05) is 26.7 Å². The molecule has 2 aliphatic heterocycles.